The van der Waals surface area contributed by atoms with Crippen LogP contribution >= 0.6 is 0 Å². The van der Waals surface area contributed by atoms with E-state index in [1.54, 1.807) is 0 Å². The first kappa shape index (κ1) is 23.8. The van der Waals surface area contributed by atoms with E-state index >= 15 is 0 Å². The molecule has 4 aromatic carbocycles. The van der Waals surface area contributed by atoms with Crippen LogP contribution < -0.4 is 0 Å². The molecule has 0 radical (unpaired) electrons. The molecule has 2 N–H and O–H groups in total. The highest BCUT2D eigenvalue weighted by Crippen LogP contribution is 2.46. The van der Waals surface area contributed by atoms with Crippen LogP contribution in [0.1, 0.15) is 22.3 Å². The first-order chi connectivity index (χ1) is 15.9. The van der Waals surface area contributed by atoms with Crippen molar-refractivity contribution in [1.29, 1.82) is 0 Å². The molecular formula is C26H21F3O4S. The Kier molecular flexibility index (Phi) is 5.91. The molecule has 8 heteroatoms. The number of rotatable bonds is 1. The number of fused-ring (bicyclic) bond motifs is 4. The minimum atomic E-state index is -5.84. The second-order valence-electron chi connectivity index (χ2n) is 8.15. The van der Waals surface area contributed by atoms with Gasteiger partial charge in [-0.25, -0.2) is 0 Å². The van der Waals surface area contributed by atoms with Crippen LogP contribution in [0.3, 0.4) is 0 Å². The normalized spacial score (nSPS) is 12.6. The van der Waals surface area contributed by atoms with Crippen molar-refractivity contribution in [2.45, 2.75) is 25.8 Å². The molecule has 0 aromatic heterocycles. The number of hydrogen-bond acceptors (Lipinski definition) is 3. The molecule has 0 amide bonds. The van der Waals surface area contributed by atoms with Gasteiger partial charge in [-0.3, -0.25) is 4.55 Å². The molecule has 0 saturated carbocycles. The summed E-state index contributed by atoms with van der Waals surface area (Å²) in [7, 11) is -5.84. The summed E-state index contributed by atoms with van der Waals surface area (Å²) in [5.41, 5.74) is 5.16. The van der Waals surface area contributed by atoms with Gasteiger partial charge in [-0.05, 0) is 76.2 Å². The molecule has 4 nitrogen and oxygen atoms in total. The standard InChI is InChI=1S/C25H20O.CHF3O3S/c1-15-13-22-18-8-4-3-7-17(18)14-23(22)25(16(15)2)21-11-12-24(26)20-10-6-5-9-19(20)21;2-1(3,4)8(5,6)7/h3-13,26H,14H2,1-2H3;(H,5,6,7). The minimum Gasteiger partial charge on any atom is -0.507 e. The Labute approximate surface area is 195 Å². The van der Waals surface area contributed by atoms with Crippen molar-refractivity contribution in [1.82, 2.24) is 0 Å². The number of benzene rings is 4. The van der Waals surface area contributed by atoms with E-state index in [1.165, 1.54) is 44.5 Å². The smallest absolute Gasteiger partial charge is 0.507 e. The van der Waals surface area contributed by atoms with E-state index in [4.69, 9.17) is 13.0 Å². The van der Waals surface area contributed by atoms with E-state index in [-0.39, 0.29) is 0 Å². The Balaban J connectivity index is 0.000000297. The average Bonchev–Trinajstić information content (AvgIpc) is 3.13. The lowest BCUT2D eigenvalue weighted by molar-refractivity contribution is -0.0510. The third-order valence-electron chi connectivity index (χ3n) is 6.09. The van der Waals surface area contributed by atoms with E-state index in [0.29, 0.717) is 5.75 Å². The number of phenols is 1. The third-order valence-corrected chi connectivity index (χ3v) is 6.68. The molecule has 176 valence electrons. The number of alkyl halides is 3. The van der Waals surface area contributed by atoms with Crippen molar-refractivity contribution in [2.75, 3.05) is 0 Å². The molecule has 0 aliphatic heterocycles. The highest BCUT2D eigenvalue weighted by molar-refractivity contribution is 7.86. The fourth-order valence-corrected chi connectivity index (χ4v) is 4.39. The zero-order valence-electron chi connectivity index (χ0n) is 18.3. The molecule has 0 spiro atoms. The molecule has 1 aliphatic rings. The Morgan fingerprint density at radius 1 is 0.824 bits per heavy atom. The number of hydrogen-bond donors (Lipinski definition) is 2. The summed E-state index contributed by atoms with van der Waals surface area (Å²) < 4.78 is 57.5. The number of aromatic hydroxyl groups is 1. The molecule has 0 unspecified atom stereocenters. The molecule has 34 heavy (non-hydrogen) atoms. The second-order valence-corrected chi connectivity index (χ2v) is 9.57. The Morgan fingerprint density at radius 3 is 2.06 bits per heavy atom. The lowest BCUT2D eigenvalue weighted by atomic mass is 9.86. The first-order valence-electron chi connectivity index (χ1n) is 10.4. The summed E-state index contributed by atoms with van der Waals surface area (Å²) in [4.78, 5) is 0. The Bertz CT molecular complexity index is 1520. The fourth-order valence-electron chi connectivity index (χ4n) is 4.39. The summed E-state index contributed by atoms with van der Waals surface area (Å²) in [5, 5.41) is 12.3. The van der Waals surface area contributed by atoms with Gasteiger partial charge >= 0.3 is 15.6 Å². The van der Waals surface area contributed by atoms with Crippen LogP contribution in [0.5, 0.6) is 5.75 Å². The summed E-state index contributed by atoms with van der Waals surface area (Å²) in [6.07, 6.45) is 0.969. The second kappa shape index (κ2) is 8.45. The van der Waals surface area contributed by atoms with Gasteiger partial charge in [0.2, 0.25) is 0 Å². The van der Waals surface area contributed by atoms with Gasteiger partial charge in [0.1, 0.15) is 5.75 Å². The fraction of sp³-hybridized carbons (Fsp3) is 0.154. The number of aryl methyl sites for hydroxylation is 1. The van der Waals surface area contributed by atoms with Crippen LogP contribution in [0.4, 0.5) is 13.2 Å². The Morgan fingerprint density at radius 2 is 1.41 bits per heavy atom. The SMILES string of the molecule is Cc1cc2c(c(-c3ccc(O)c4ccccc34)c1C)Cc1ccccc1-2.O=S(=O)(O)C(F)(F)F. The number of phenolic OH excluding ortho intramolecular Hbond substituents is 1. The largest absolute Gasteiger partial charge is 0.522 e. The summed E-state index contributed by atoms with van der Waals surface area (Å²) >= 11 is 0. The maximum Gasteiger partial charge on any atom is 0.522 e. The molecule has 0 saturated heterocycles. The molecular weight excluding hydrogens is 465 g/mol. The van der Waals surface area contributed by atoms with Crippen LogP contribution in [0.2, 0.25) is 0 Å². The average molecular weight is 487 g/mol. The van der Waals surface area contributed by atoms with Gasteiger partial charge < -0.3 is 5.11 Å². The first-order valence-corrected chi connectivity index (χ1v) is 11.8. The molecule has 4 aromatic rings. The van der Waals surface area contributed by atoms with E-state index < -0.39 is 15.6 Å². The quantitative estimate of drug-likeness (QED) is 0.202. The zero-order valence-corrected chi connectivity index (χ0v) is 19.1. The highest BCUT2D eigenvalue weighted by Gasteiger charge is 2.44. The van der Waals surface area contributed by atoms with Gasteiger partial charge in [-0.15, -0.1) is 0 Å². The third kappa shape index (κ3) is 4.15. The van der Waals surface area contributed by atoms with Crippen molar-refractivity contribution in [2.24, 2.45) is 0 Å². The topological polar surface area (TPSA) is 74.6 Å². The van der Waals surface area contributed by atoms with Crippen LogP contribution in [-0.4, -0.2) is 23.6 Å². The van der Waals surface area contributed by atoms with Crippen LogP contribution in [0, 0.1) is 13.8 Å². The minimum absolute atomic E-state index is 0.342. The predicted octanol–water partition coefficient (Wildman–Crippen LogP) is 6.79. The van der Waals surface area contributed by atoms with Gasteiger partial charge in [0.15, 0.2) is 0 Å². The number of halogens is 3. The van der Waals surface area contributed by atoms with Crippen molar-refractivity contribution in [3.05, 3.63) is 89.0 Å². The molecule has 0 bridgehead atoms. The van der Waals surface area contributed by atoms with Crippen molar-refractivity contribution in [3.8, 4) is 28.0 Å². The van der Waals surface area contributed by atoms with E-state index in [1.807, 2.05) is 24.3 Å². The summed E-state index contributed by atoms with van der Waals surface area (Å²) in [6.45, 7) is 4.41. The zero-order chi connectivity index (χ0) is 24.8. The van der Waals surface area contributed by atoms with Crippen LogP contribution in [0.15, 0.2) is 66.7 Å². The maximum atomic E-state index is 10.7. The summed E-state index contributed by atoms with van der Waals surface area (Å²) in [5.74, 6) is 0.342. The van der Waals surface area contributed by atoms with Gasteiger partial charge in [-0.2, -0.15) is 21.6 Å². The van der Waals surface area contributed by atoms with Gasteiger partial charge in [-0.1, -0.05) is 60.7 Å². The highest BCUT2D eigenvalue weighted by atomic mass is 32.2. The van der Waals surface area contributed by atoms with E-state index in [9.17, 15) is 18.3 Å². The molecule has 0 fully saturated rings. The van der Waals surface area contributed by atoms with Crippen molar-refractivity contribution < 1.29 is 31.2 Å². The van der Waals surface area contributed by atoms with Crippen LogP contribution in [-0.2, 0) is 16.5 Å². The maximum absolute atomic E-state index is 10.7. The van der Waals surface area contributed by atoms with Gasteiger partial charge in [0, 0.05) is 5.39 Å². The molecule has 0 heterocycles. The molecule has 0 atom stereocenters. The Hall–Kier alpha value is -3.36. The molecule has 1 aliphatic carbocycles. The van der Waals surface area contributed by atoms with Crippen LogP contribution in [0.25, 0.3) is 33.0 Å². The predicted molar refractivity (Wildman–Crippen MR) is 126 cm³/mol. The molecule has 5 rings (SSSR count). The summed E-state index contributed by atoms with van der Waals surface area (Å²) in [6, 6.07) is 23.1. The van der Waals surface area contributed by atoms with Gasteiger partial charge in [0.25, 0.3) is 0 Å². The van der Waals surface area contributed by atoms with E-state index in [2.05, 4.69) is 56.3 Å². The lowest BCUT2D eigenvalue weighted by Gasteiger charge is -2.18. The van der Waals surface area contributed by atoms with Crippen molar-refractivity contribution in [3.63, 3.8) is 0 Å². The van der Waals surface area contributed by atoms with E-state index in [0.717, 1.165) is 17.2 Å². The monoisotopic (exact) mass is 486 g/mol. The van der Waals surface area contributed by atoms with Gasteiger partial charge in [0.05, 0.1) is 0 Å². The lowest BCUT2D eigenvalue weighted by Crippen LogP contribution is -2.21. The van der Waals surface area contributed by atoms with Crippen molar-refractivity contribution >= 4 is 20.9 Å².